The van der Waals surface area contributed by atoms with Crippen LogP contribution in [0.1, 0.15) is 11.1 Å². The third-order valence-electron chi connectivity index (χ3n) is 2.12. The van der Waals surface area contributed by atoms with Crippen LogP contribution < -0.4 is 9.47 Å². The highest BCUT2D eigenvalue weighted by Crippen LogP contribution is 2.44. The zero-order valence-corrected chi connectivity index (χ0v) is 10.2. The number of pyridine rings is 1. The van der Waals surface area contributed by atoms with Gasteiger partial charge in [-0.3, -0.25) is 4.79 Å². The highest BCUT2D eigenvalue weighted by atomic mass is 19.4. The summed E-state index contributed by atoms with van der Waals surface area (Å²) >= 11 is 0. The molecule has 0 aliphatic carbocycles. The Morgan fingerprint density at radius 1 is 1.29 bits per heavy atom. The molecule has 0 fully saturated rings. The molecule has 0 aromatic carbocycles. The zero-order chi connectivity index (χ0) is 16.4. The second-order valence-corrected chi connectivity index (χ2v) is 3.61. The smallest absolute Gasteiger partial charge is 0.481 e. The maximum atomic E-state index is 12.9. The van der Waals surface area contributed by atoms with Gasteiger partial charge in [0.25, 0.3) is 5.88 Å². The summed E-state index contributed by atoms with van der Waals surface area (Å²) in [5.74, 6) is -4.46. The van der Waals surface area contributed by atoms with Crippen molar-refractivity contribution in [2.45, 2.75) is 19.0 Å². The standard InChI is InChI=1S/C10H7F6NO4/c1-20-8-7(21-10(14,15)16)6(9(11,12)13)4(3-17-8)2-5(18)19/h3H,2H2,1H3,(H,18,19). The number of nitrogens with zero attached hydrogens (tertiary/aromatic N) is 1. The van der Waals surface area contributed by atoms with E-state index in [-0.39, 0.29) is 0 Å². The minimum Gasteiger partial charge on any atom is -0.481 e. The number of rotatable bonds is 4. The van der Waals surface area contributed by atoms with Gasteiger partial charge in [0.15, 0.2) is 0 Å². The van der Waals surface area contributed by atoms with E-state index >= 15 is 0 Å². The Morgan fingerprint density at radius 2 is 1.86 bits per heavy atom. The van der Waals surface area contributed by atoms with Crippen LogP contribution in [-0.2, 0) is 17.4 Å². The van der Waals surface area contributed by atoms with Gasteiger partial charge in [-0.15, -0.1) is 13.2 Å². The molecule has 0 aliphatic heterocycles. The number of aliphatic carboxylic acids is 1. The first-order valence-electron chi connectivity index (χ1n) is 5.06. The molecule has 0 saturated carbocycles. The number of ether oxygens (including phenoxy) is 2. The van der Waals surface area contributed by atoms with Crippen LogP contribution in [0.15, 0.2) is 6.20 Å². The van der Waals surface area contributed by atoms with Gasteiger partial charge in [0.05, 0.1) is 13.5 Å². The maximum absolute atomic E-state index is 12.9. The molecule has 1 N–H and O–H groups in total. The lowest BCUT2D eigenvalue weighted by molar-refractivity contribution is -0.276. The van der Waals surface area contributed by atoms with Gasteiger partial charge in [0, 0.05) is 6.20 Å². The molecule has 0 bridgehead atoms. The van der Waals surface area contributed by atoms with Crippen molar-refractivity contribution in [3.63, 3.8) is 0 Å². The third-order valence-corrected chi connectivity index (χ3v) is 2.12. The van der Waals surface area contributed by atoms with Crippen LogP contribution in [0, 0.1) is 0 Å². The van der Waals surface area contributed by atoms with E-state index in [1.54, 1.807) is 0 Å². The second kappa shape index (κ2) is 5.66. The molecular formula is C10H7F6NO4. The summed E-state index contributed by atoms with van der Waals surface area (Å²) in [7, 11) is 0.794. The molecule has 0 spiro atoms. The molecule has 118 valence electrons. The molecule has 1 rings (SSSR count). The lowest BCUT2D eigenvalue weighted by Crippen LogP contribution is -2.23. The van der Waals surface area contributed by atoms with Crippen LogP contribution in [0.5, 0.6) is 11.6 Å². The summed E-state index contributed by atoms with van der Waals surface area (Å²) in [5.41, 5.74) is -2.87. The van der Waals surface area contributed by atoms with Gasteiger partial charge >= 0.3 is 18.5 Å². The first kappa shape index (κ1) is 16.9. The normalized spacial score (nSPS) is 12.1. The SMILES string of the molecule is COc1ncc(CC(=O)O)c(C(F)(F)F)c1OC(F)(F)F. The van der Waals surface area contributed by atoms with Crippen molar-refractivity contribution < 1.29 is 45.7 Å². The minimum absolute atomic E-state index is 0.471. The Balaban J connectivity index is 3.57. The predicted molar refractivity (Wildman–Crippen MR) is 53.8 cm³/mol. The van der Waals surface area contributed by atoms with E-state index in [0.29, 0.717) is 6.20 Å². The highest BCUT2D eigenvalue weighted by molar-refractivity contribution is 5.71. The monoisotopic (exact) mass is 319 g/mol. The fourth-order valence-electron chi connectivity index (χ4n) is 1.48. The number of carboxylic acid groups (broad SMARTS) is 1. The second-order valence-electron chi connectivity index (χ2n) is 3.61. The van der Waals surface area contributed by atoms with Crippen molar-refractivity contribution in [2.24, 2.45) is 0 Å². The summed E-state index contributed by atoms with van der Waals surface area (Å²) in [4.78, 5) is 13.7. The number of halogens is 6. The van der Waals surface area contributed by atoms with Gasteiger partial charge in [-0.05, 0) is 5.56 Å². The summed E-state index contributed by atoms with van der Waals surface area (Å²) in [6, 6.07) is 0. The number of carbonyl (C=O) groups is 1. The van der Waals surface area contributed by atoms with Crippen molar-refractivity contribution in [3.05, 3.63) is 17.3 Å². The minimum atomic E-state index is -5.43. The maximum Gasteiger partial charge on any atom is 0.573 e. The van der Waals surface area contributed by atoms with Crippen molar-refractivity contribution in [2.75, 3.05) is 7.11 Å². The van der Waals surface area contributed by atoms with Gasteiger partial charge in [0.1, 0.15) is 5.56 Å². The number of methoxy groups -OCH3 is 1. The molecule has 21 heavy (non-hydrogen) atoms. The Labute approximate surface area is 113 Å². The Hall–Kier alpha value is -2.20. The van der Waals surface area contributed by atoms with Crippen molar-refractivity contribution in [3.8, 4) is 11.6 Å². The van der Waals surface area contributed by atoms with Crippen molar-refractivity contribution >= 4 is 5.97 Å². The molecule has 0 aliphatic rings. The number of hydrogen-bond donors (Lipinski definition) is 1. The Kier molecular flexibility index (Phi) is 4.54. The van der Waals surface area contributed by atoms with Gasteiger partial charge in [-0.25, -0.2) is 4.98 Å². The zero-order valence-electron chi connectivity index (χ0n) is 10.2. The molecule has 1 aromatic heterocycles. The van der Waals surface area contributed by atoms with Crippen molar-refractivity contribution in [1.29, 1.82) is 0 Å². The van der Waals surface area contributed by atoms with E-state index in [1.165, 1.54) is 0 Å². The quantitative estimate of drug-likeness (QED) is 0.864. The van der Waals surface area contributed by atoms with Gasteiger partial charge < -0.3 is 14.6 Å². The number of hydrogen-bond acceptors (Lipinski definition) is 4. The van der Waals surface area contributed by atoms with Crippen LogP contribution in [0.2, 0.25) is 0 Å². The summed E-state index contributed by atoms with van der Waals surface area (Å²) in [5, 5.41) is 8.52. The Bertz CT molecular complexity index is 540. The molecule has 0 atom stereocenters. The van der Waals surface area contributed by atoms with E-state index in [1.807, 2.05) is 0 Å². The predicted octanol–water partition coefficient (Wildman–Crippen LogP) is 2.63. The number of carboxylic acids is 1. The largest absolute Gasteiger partial charge is 0.573 e. The van der Waals surface area contributed by atoms with Crippen LogP contribution in [0.3, 0.4) is 0 Å². The molecule has 11 heteroatoms. The lowest BCUT2D eigenvalue weighted by atomic mass is 10.1. The summed E-state index contributed by atoms with van der Waals surface area (Å²) < 4.78 is 83.1. The van der Waals surface area contributed by atoms with Gasteiger partial charge in [-0.1, -0.05) is 0 Å². The molecule has 0 amide bonds. The fourth-order valence-corrected chi connectivity index (χ4v) is 1.48. The first-order valence-corrected chi connectivity index (χ1v) is 5.06. The van der Waals surface area contributed by atoms with Crippen LogP contribution in [0.25, 0.3) is 0 Å². The van der Waals surface area contributed by atoms with Gasteiger partial charge in [0.2, 0.25) is 5.75 Å². The van der Waals surface area contributed by atoms with E-state index < -0.39 is 47.7 Å². The van der Waals surface area contributed by atoms with E-state index in [9.17, 15) is 31.1 Å². The topological polar surface area (TPSA) is 68.7 Å². The fraction of sp³-hybridized carbons (Fsp3) is 0.400. The van der Waals surface area contributed by atoms with Crippen LogP contribution in [0.4, 0.5) is 26.3 Å². The Morgan fingerprint density at radius 3 is 2.24 bits per heavy atom. The summed E-state index contributed by atoms with van der Waals surface area (Å²) in [6.07, 6.45) is -11.4. The molecule has 0 saturated heterocycles. The summed E-state index contributed by atoms with van der Waals surface area (Å²) in [6.45, 7) is 0. The number of alkyl halides is 6. The molecule has 5 nitrogen and oxygen atoms in total. The lowest BCUT2D eigenvalue weighted by Gasteiger charge is -2.19. The molecule has 1 heterocycles. The van der Waals surface area contributed by atoms with Crippen LogP contribution in [-0.4, -0.2) is 29.5 Å². The molecule has 0 unspecified atom stereocenters. The van der Waals surface area contributed by atoms with Crippen molar-refractivity contribution in [1.82, 2.24) is 4.98 Å². The first-order chi connectivity index (χ1) is 9.45. The van der Waals surface area contributed by atoms with Crippen LogP contribution >= 0.6 is 0 Å². The average molecular weight is 319 g/mol. The van der Waals surface area contributed by atoms with E-state index in [0.717, 1.165) is 7.11 Å². The third kappa shape index (κ3) is 4.39. The molecule has 0 radical (unpaired) electrons. The highest BCUT2D eigenvalue weighted by Gasteiger charge is 2.44. The number of aromatic nitrogens is 1. The van der Waals surface area contributed by atoms with Gasteiger partial charge in [-0.2, -0.15) is 13.2 Å². The van der Waals surface area contributed by atoms with E-state index in [4.69, 9.17) is 5.11 Å². The molecule has 1 aromatic rings. The molecular weight excluding hydrogens is 312 g/mol. The average Bonchev–Trinajstić information content (AvgIpc) is 2.24. The van der Waals surface area contributed by atoms with E-state index in [2.05, 4.69) is 14.5 Å².